The molecule has 3 fully saturated rings. The highest BCUT2D eigenvalue weighted by molar-refractivity contribution is 5.63. The van der Waals surface area contributed by atoms with E-state index in [9.17, 15) is 8.78 Å². The molecular weight excluding hydrogens is 1590 g/mol. The number of ether oxygens (including phenoxy) is 16. The van der Waals surface area contributed by atoms with Crippen LogP contribution in [-0.2, 0) is 48.2 Å². The Bertz CT molecular complexity index is 4650. The number of piperidine rings is 3. The van der Waals surface area contributed by atoms with Crippen molar-refractivity contribution in [2.45, 2.75) is 121 Å². The van der Waals surface area contributed by atoms with E-state index >= 15 is 0 Å². The van der Waals surface area contributed by atoms with Crippen molar-refractivity contribution in [1.29, 1.82) is 0 Å². The summed E-state index contributed by atoms with van der Waals surface area (Å²) in [5.74, 6) is 7.55. The van der Waals surface area contributed by atoms with E-state index in [4.69, 9.17) is 75.8 Å². The molecule has 6 heterocycles. The molecule has 24 heteroatoms. The predicted molar refractivity (Wildman–Crippen MR) is 485 cm³/mol. The number of para-hydroxylation sites is 3. The fourth-order valence-corrected chi connectivity index (χ4v) is 16.7. The Morgan fingerprint density at radius 3 is 1.08 bits per heavy atom. The van der Waals surface area contributed by atoms with Crippen molar-refractivity contribution in [2.24, 2.45) is 0 Å². The number of nitrogens with zero attached hydrogens (tertiary/aromatic N) is 3. The van der Waals surface area contributed by atoms with Crippen LogP contribution in [0.3, 0.4) is 0 Å². The van der Waals surface area contributed by atoms with Gasteiger partial charge in [-0.1, -0.05) is 84.9 Å². The zero-order valence-electron chi connectivity index (χ0n) is 73.5. The fourth-order valence-electron chi connectivity index (χ4n) is 16.7. The third-order valence-corrected chi connectivity index (χ3v) is 23.4. The minimum atomic E-state index is -0.578. The van der Waals surface area contributed by atoms with Crippen molar-refractivity contribution >= 4 is 17.1 Å². The summed E-state index contributed by atoms with van der Waals surface area (Å²) in [6.07, 6.45) is 8.46. The lowest BCUT2D eigenvalue weighted by molar-refractivity contribution is 0.0105. The van der Waals surface area contributed by atoms with E-state index in [2.05, 4.69) is 159 Å². The number of fused-ring (bicyclic) bond motifs is 3. The van der Waals surface area contributed by atoms with Crippen LogP contribution in [0.1, 0.15) is 114 Å². The number of hydrogen-bond donors (Lipinski definition) is 3. The fraction of sp³-hybridized carbons (Fsp3) is 0.465. The van der Waals surface area contributed by atoms with E-state index in [-0.39, 0.29) is 36.6 Å². The largest absolute Gasteiger partial charge is 0.493 e. The van der Waals surface area contributed by atoms with Gasteiger partial charge >= 0.3 is 0 Å². The molecule has 15 rings (SSSR count). The highest BCUT2D eigenvalue weighted by Crippen LogP contribution is 2.40. The number of halogens is 2. The summed E-state index contributed by atoms with van der Waals surface area (Å²) in [5.41, 5.74) is 11.9. The third-order valence-electron chi connectivity index (χ3n) is 23.4. The highest BCUT2D eigenvalue weighted by Gasteiger charge is 2.32. The van der Waals surface area contributed by atoms with Crippen LogP contribution in [0.2, 0.25) is 0 Å². The van der Waals surface area contributed by atoms with Crippen molar-refractivity contribution in [1.82, 2.24) is 16.0 Å². The molecule has 125 heavy (non-hydrogen) atoms. The molecule has 0 amide bonds. The zero-order valence-corrected chi connectivity index (χ0v) is 73.5. The van der Waals surface area contributed by atoms with Crippen LogP contribution in [-0.4, -0.2) is 205 Å². The van der Waals surface area contributed by atoms with Gasteiger partial charge in [-0.2, -0.15) is 0 Å². The van der Waals surface area contributed by atoms with Crippen molar-refractivity contribution < 1.29 is 84.6 Å². The topological polar surface area (TPSA) is 193 Å². The average molecular weight is 1720 g/mol. The Hall–Kier alpha value is -10.1. The Morgan fingerprint density at radius 1 is 0.352 bits per heavy atom. The highest BCUT2D eigenvalue weighted by atomic mass is 19.1. The molecule has 0 aromatic heterocycles. The van der Waals surface area contributed by atoms with Gasteiger partial charge in [0.1, 0.15) is 65.9 Å². The van der Waals surface area contributed by atoms with Crippen molar-refractivity contribution in [3.05, 3.63) is 245 Å². The van der Waals surface area contributed by atoms with E-state index in [1.54, 1.807) is 28.4 Å². The molecule has 3 N–H and O–H groups in total. The molecule has 3 saturated heterocycles. The lowest BCUT2D eigenvalue weighted by Gasteiger charge is -2.33. The Labute approximate surface area is 737 Å². The molecule has 6 aliphatic heterocycles. The van der Waals surface area contributed by atoms with E-state index in [1.165, 1.54) is 27.8 Å². The third kappa shape index (κ3) is 28.2. The first-order valence-electron chi connectivity index (χ1n) is 44.7. The maximum atomic E-state index is 13.7. The first kappa shape index (κ1) is 92.5. The number of aryl methyl sites for hydroxylation is 1. The van der Waals surface area contributed by atoms with Gasteiger partial charge in [-0.3, -0.25) is 0 Å². The molecule has 9 aromatic rings. The number of hydrogen-bond acceptors (Lipinski definition) is 22. The summed E-state index contributed by atoms with van der Waals surface area (Å²) in [7, 11) is 6.89. The minimum Gasteiger partial charge on any atom is -0.493 e. The van der Waals surface area contributed by atoms with Crippen LogP contribution in [0.4, 0.5) is 25.8 Å². The molecule has 22 nitrogen and oxygen atoms in total. The van der Waals surface area contributed by atoms with Gasteiger partial charge in [0, 0.05) is 124 Å². The quantitative estimate of drug-likeness (QED) is 0.0305. The molecule has 6 atom stereocenters. The van der Waals surface area contributed by atoms with Gasteiger partial charge < -0.3 is 106 Å². The van der Waals surface area contributed by atoms with E-state index in [0.29, 0.717) is 84.3 Å². The van der Waals surface area contributed by atoms with Gasteiger partial charge in [-0.15, -0.1) is 0 Å². The van der Waals surface area contributed by atoms with Crippen LogP contribution < -0.4 is 78.0 Å². The van der Waals surface area contributed by atoms with Crippen molar-refractivity contribution in [3.8, 4) is 57.5 Å². The maximum Gasteiger partial charge on any atom is 0.165 e. The van der Waals surface area contributed by atoms with Crippen LogP contribution in [0, 0.1) is 18.6 Å². The summed E-state index contributed by atoms with van der Waals surface area (Å²) in [5, 5.41) is 10.5. The molecule has 0 aliphatic carbocycles. The number of methoxy groups -OCH3 is 4. The lowest BCUT2D eigenvalue weighted by Crippen LogP contribution is -2.41. The number of anilines is 3. The first-order valence-corrected chi connectivity index (χ1v) is 44.7. The molecule has 0 spiro atoms. The van der Waals surface area contributed by atoms with Crippen LogP contribution in [0.15, 0.2) is 194 Å². The van der Waals surface area contributed by atoms with Crippen molar-refractivity contribution in [2.75, 3.05) is 201 Å². The van der Waals surface area contributed by atoms with E-state index in [0.717, 1.165) is 254 Å². The Kier molecular flexibility index (Phi) is 37.2. The predicted octanol–water partition coefficient (Wildman–Crippen LogP) is 16.9. The number of rotatable bonds is 43. The summed E-state index contributed by atoms with van der Waals surface area (Å²) in [6.45, 7) is 22.1. The summed E-state index contributed by atoms with van der Waals surface area (Å²) in [4.78, 5) is 7.16. The molecule has 0 saturated carbocycles. The number of benzene rings is 9. The molecule has 0 bridgehead atoms. The van der Waals surface area contributed by atoms with Crippen molar-refractivity contribution in [3.63, 3.8) is 0 Å². The average Bonchev–Trinajstić information content (AvgIpc) is 0.823. The standard InChI is InChI=1S/C34H44N2O6.C34H44N2O5.C33H40F2N2O5/c1-37-19-5-17-36-18-22-41-31-14-9-26(23-30(31)36)25-42-34-24-35-16-15-29(34)27-10-12-28(13-11-27)39-20-6-21-40-33-8-4-3-7-32(33)38-2;1-26-7-3-4-8-32(26)39-21-6-20-38-29-12-10-28(11-13-29)30-15-16-35-24-34(30)41-25-27-9-14-33-31(23-27)36(18-22-40-33)17-5-19-37-2;1-38-16-2-14-37-15-19-41-31-11-4-24(20-30(31)37)23-42-33-22-36-13-12-28(33)25-5-8-27(9-6-25)39-17-3-18-40-32-21-26(34)7-10-29(32)35/h3-4,7-14,23,29,34-35H,5-6,15-22,24-25H2,1-2H3;3-4,7-14,23,30,34-35H,5-6,15-22,24-25H2,1-2H3;4-11,20-21,28,33,36H,2-3,12-19,22-23H2,1H3/t29-,34+;30-,34+;28-,33+/m111/s1. The second-order valence-corrected chi connectivity index (χ2v) is 32.1. The second kappa shape index (κ2) is 50.3. The van der Waals surface area contributed by atoms with Crippen LogP contribution in [0.25, 0.3) is 0 Å². The monoisotopic (exact) mass is 1720 g/mol. The molecule has 6 aliphatic rings. The summed E-state index contributed by atoms with van der Waals surface area (Å²) < 4.78 is 120. The van der Waals surface area contributed by atoms with E-state index in [1.807, 2.05) is 54.6 Å². The normalized spacial score (nSPS) is 18.3. The van der Waals surface area contributed by atoms with Gasteiger partial charge in [0.25, 0.3) is 0 Å². The van der Waals surface area contributed by atoms with Gasteiger partial charge in [0.15, 0.2) is 23.1 Å². The van der Waals surface area contributed by atoms with Crippen LogP contribution in [0.5, 0.6) is 57.5 Å². The number of nitrogens with one attached hydrogen (secondary N) is 3. The van der Waals surface area contributed by atoms with E-state index < -0.39 is 11.6 Å². The van der Waals surface area contributed by atoms with Crippen LogP contribution >= 0.6 is 0 Å². The SMILES string of the molecule is COCCCN1CCOc2ccc(CO[C@H]3CNCC[C@@H]3c3ccc(OCCCOc4cc(F)ccc4F)cc3)cc21.COCCCN1CCOc2ccc(CO[C@H]3CNCC[C@@H]3c3ccc(OCCCOc4ccccc4C)cc3)cc21.COCCCN1CCOc2ccc(CO[C@H]3CNCC[C@@H]3c3ccc(OCCCOc4ccccc4OC)cc3)cc21. The summed E-state index contributed by atoms with van der Waals surface area (Å²) >= 11 is 0. The Morgan fingerprint density at radius 2 is 0.704 bits per heavy atom. The molecule has 0 unspecified atom stereocenters. The molecule has 0 radical (unpaired) electrons. The maximum absolute atomic E-state index is 13.7. The molecule has 672 valence electrons. The van der Waals surface area contributed by atoms with Gasteiger partial charge in [-0.25, -0.2) is 8.78 Å². The lowest BCUT2D eigenvalue weighted by atomic mass is 9.87. The van der Waals surface area contributed by atoms with Gasteiger partial charge in [0.05, 0.1) is 122 Å². The Balaban J connectivity index is 0.000000161. The second-order valence-electron chi connectivity index (χ2n) is 32.1. The van der Waals surface area contributed by atoms with Gasteiger partial charge in [0.2, 0.25) is 0 Å². The minimum absolute atomic E-state index is 0.0518. The smallest absolute Gasteiger partial charge is 0.165 e. The molecular formula is C101H128F2N6O16. The zero-order chi connectivity index (χ0) is 86.4. The summed E-state index contributed by atoms with van der Waals surface area (Å²) in [6, 6.07) is 63.4. The van der Waals surface area contributed by atoms with Gasteiger partial charge in [-0.05, 0) is 207 Å². The molecule has 9 aromatic carbocycles. The first-order chi connectivity index (χ1) is 61.6.